The van der Waals surface area contributed by atoms with Gasteiger partial charge in [0.1, 0.15) is 22.4 Å². The van der Waals surface area contributed by atoms with Gasteiger partial charge in [-0.25, -0.2) is 9.97 Å². The maximum atomic E-state index is 9.06. The highest BCUT2D eigenvalue weighted by atomic mass is 79.9. The third-order valence-electron chi connectivity index (χ3n) is 2.64. The quantitative estimate of drug-likeness (QED) is 0.827. The first-order chi connectivity index (χ1) is 7.22. The molecule has 0 aliphatic carbocycles. The summed E-state index contributed by atoms with van der Waals surface area (Å²) >= 11 is 3.38. The molecule has 15 heavy (non-hydrogen) atoms. The highest BCUT2D eigenvalue weighted by molar-refractivity contribution is 9.10. The van der Waals surface area contributed by atoms with Gasteiger partial charge in [0, 0.05) is 25.6 Å². The van der Waals surface area contributed by atoms with Crippen molar-refractivity contribution in [2.75, 3.05) is 30.3 Å². The lowest BCUT2D eigenvalue weighted by atomic mass is 10.1. The fraction of sp³-hybridized carbons (Fsp3) is 0.556. The summed E-state index contributed by atoms with van der Waals surface area (Å²) in [6.45, 7) is 1.96. The summed E-state index contributed by atoms with van der Waals surface area (Å²) in [4.78, 5) is 10.2. The van der Waals surface area contributed by atoms with Gasteiger partial charge in [-0.2, -0.15) is 0 Å². The van der Waals surface area contributed by atoms with E-state index in [-0.39, 0.29) is 6.61 Å². The van der Waals surface area contributed by atoms with E-state index in [1.165, 1.54) is 6.33 Å². The second-order valence-electron chi connectivity index (χ2n) is 3.68. The van der Waals surface area contributed by atoms with Gasteiger partial charge in [-0.15, -0.1) is 0 Å². The number of hydrogen-bond acceptors (Lipinski definition) is 5. The van der Waals surface area contributed by atoms with E-state index in [4.69, 9.17) is 10.8 Å². The first-order valence-corrected chi connectivity index (χ1v) is 5.63. The van der Waals surface area contributed by atoms with Crippen LogP contribution in [0.1, 0.15) is 6.42 Å². The van der Waals surface area contributed by atoms with E-state index in [0.29, 0.717) is 11.7 Å². The van der Waals surface area contributed by atoms with Gasteiger partial charge < -0.3 is 15.7 Å². The number of anilines is 2. The van der Waals surface area contributed by atoms with E-state index in [0.717, 1.165) is 29.8 Å². The second-order valence-corrected chi connectivity index (χ2v) is 4.47. The highest BCUT2D eigenvalue weighted by Crippen LogP contribution is 2.30. The summed E-state index contributed by atoms with van der Waals surface area (Å²) in [5.41, 5.74) is 5.68. The van der Waals surface area contributed by atoms with Crippen LogP contribution in [0.2, 0.25) is 0 Å². The Morgan fingerprint density at radius 1 is 1.60 bits per heavy atom. The SMILES string of the molecule is Nc1ncnc(N2CCC(CO)C2)c1Br. The Morgan fingerprint density at radius 2 is 2.40 bits per heavy atom. The number of aliphatic hydroxyl groups excluding tert-OH is 1. The van der Waals surface area contributed by atoms with Crippen molar-refractivity contribution in [1.82, 2.24) is 9.97 Å². The zero-order valence-electron chi connectivity index (χ0n) is 8.23. The molecule has 5 nitrogen and oxygen atoms in total. The van der Waals surface area contributed by atoms with Crippen LogP contribution in [0.3, 0.4) is 0 Å². The maximum Gasteiger partial charge on any atom is 0.148 e. The van der Waals surface area contributed by atoms with Crippen LogP contribution in [-0.4, -0.2) is 34.8 Å². The van der Waals surface area contributed by atoms with Crippen molar-refractivity contribution in [3.05, 3.63) is 10.8 Å². The Morgan fingerprint density at radius 3 is 3.07 bits per heavy atom. The zero-order valence-corrected chi connectivity index (χ0v) is 9.81. The molecule has 1 unspecified atom stereocenters. The van der Waals surface area contributed by atoms with Crippen LogP contribution in [0, 0.1) is 5.92 Å². The van der Waals surface area contributed by atoms with E-state index < -0.39 is 0 Å². The number of nitrogens with two attached hydrogens (primary N) is 1. The zero-order chi connectivity index (χ0) is 10.8. The minimum atomic E-state index is 0.231. The number of nitrogen functional groups attached to an aromatic ring is 1. The standard InChI is InChI=1S/C9H13BrN4O/c10-7-8(11)12-5-13-9(7)14-2-1-6(3-14)4-15/h5-6,15H,1-4H2,(H2,11,12,13). The number of aliphatic hydroxyl groups is 1. The largest absolute Gasteiger partial charge is 0.396 e. The summed E-state index contributed by atoms with van der Waals surface area (Å²) in [5.74, 6) is 1.61. The van der Waals surface area contributed by atoms with Gasteiger partial charge in [-0.3, -0.25) is 0 Å². The molecule has 1 aliphatic heterocycles. The van der Waals surface area contributed by atoms with Gasteiger partial charge in [0.05, 0.1) is 0 Å². The number of hydrogen-bond donors (Lipinski definition) is 2. The fourth-order valence-corrected chi connectivity index (χ4v) is 2.22. The molecule has 2 rings (SSSR count). The van der Waals surface area contributed by atoms with Crippen LogP contribution in [0.15, 0.2) is 10.8 Å². The van der Waals surface area contributed by atoms with E-state index in [9.17, 15) is 0 Å². The average molecular weight is 273 g/mol. The molecule has 1 aliphatic rings. The normalized spacial score (nSPS) is 20.9. The van der Waals surface area contributed by atoms with Gasteiger partial charge in [0.2, 0.25) is 0 Å². The lowest BCUT2D eigenvalue weighted by Crippen LogP contribution is -2.22. The minimum Gasteiger partial charge on any atom is -0.396 e. The molecule has 0 amide bonds. The van der Waals surface area contributed by atoms with E-state index in [1.54, 1.807) is 0 Å². The van der Waals surface area contributed by atoms with Gasteiger partial charge in [-0.05, 0) is 22.4 Å². The summed E-state index contributed by atoms with van der Waals surface area (Å²) < 4.78 is 0.739. The van der Waals surface area contributed by atoms with Gasteiger partial charge >= 0.3 is 0 Å². The van der Waals surface area contributed by atoms with Crippen molar-refractivity contribution < 1.29 is 5.11 Å². The lowest BCUT2D eigenvalue weighted by Gasteiger charge is -2.18. The van der Waals surface area contributed by atoms with Crippen molar-refractivity contribution in [3.63, 3.8) is 0 Å². The first kappa shape index (κ1) is 10.6. The number of halogens is 1. The number of aromatic nitrogens is 2. The molecule has 0 spiro atoms. The third kappa shape index (κ3) is 2.05. The summed E-state index contributed by atoms with van der Waals surface area (Å²) in [6.07, 6.45) is 2.45. The molecule has 82 valence electrons. The van der Waals surface area contributed by atoms with Crippen LogP contribution in [0.4, 0.5) is 11.6 Å². The summed E-state index contributed by atoms with van der Waals surface area (Å²) in [6, 6.07) is 0. The predicted molar refractivity (Wildman–Crippen MR) is 61.6 cm³/mol. The molecule has 2 heterocycles. The number of nitrogens with zero attached hydrogens (tertiary/aromatic N) is 3. The smallest absolute Gasteiger partial charge is 0.148 e. The Kier molecular flexibility index (Phi) is 3.06. The minimum absolute atomic E-state index is 0.231. The molecule has 0 aromatic carbocycles. The molecular formula is C9H13BrN4O. The van der Waals surface area contributed by atoms with Crippen molar-refractivity contribution in [2.24, 2.45) is 5.92 Å². The molecule has 0 radical (unpaired) electrons. The molecule has 0 bridgehead atoms. The third-order valence-corrected chi connectivity index (χ3v) is 3.40. The van der Waals surface area contributed by atoms with Crippen molar-refractivity contribution in [2.45, 2.75) is 6.42 Å². The van der Waals surface area contributed by atoms with Crippen LogP contribution >= 0.6 is 15.9 Å². The molecular weight excluding hydrogens is 260 g/mol. The molecule has 1 saturated heterocycles. The Bertz CT molecular complexity index is 360. The monoisotopic (exact) mass is 272 g/mol. The summed E-state index contributed by atoms with van der Waals surface area (Å²) in [5, 5.41) is 9.06. The van der Waals surface area contributed by atoms with Gasteiger partial charge in [0.15, 0.2) is 0 Å². The highest BCUT2D eigenvalue weighted by Gasteiger charge is 2.24. The van der Waals surface area contributed by atoms with Crippen LogP contribution in [-0.2, 0) is 0 Å². The van der Waals surface area contributed by atoms with Crippen LogP contribution in [0.5, 0.6) is 0 Å². The Balaban J connectivity index is 2.20. The molecule has 1 aromatic heterocycles. The van der Waals surface area contributed by atoms with Crippen molar-refractivity contribution >= 4 is 27.6 Å². The average Bonchev–Trinajstić information content (AvgIpc) is 2.70. The molecule has 6 heteroatoms. The first-order valence-electron chi connectivity index (χ1n) is 4.84. The second kappa shape index (κ2) is 4.32. The molecule has 1 aromatic rings. The van der Waals surface area contributed by atoms with E-state index in [2.05, 4.69) is 30.8 Å². The Hall–Kier alpha value is -0.880. The van der Waals surface area contributed by atoms with Crippen LogP contribution in [0.25, 0.3) is 0 Å². The fourth-order valence-electron chi connectivity index (χ4n) is 1.77. The van der Waals surface area contributed by atoms with E-state index in [1.807, 2.05) is 0 Å². The number of rotatable bonds is 2. The van der Waals surface area contributed by atoms with E-state index >= 15 is 0 Å². The molecule has 0 saturated carbocycles. The topological polar surface area (TPSA) is 75.3 Å². The van der Waals surface area contributed by atoms with Gasteiger partial charge in [-0.1, -0.05) is 0 Å². The van der Waals surface area contributed by atoms with Crippen LogP contribution < -0.4 is 10.6 Å². The predicted octanol–water partition coefficient (Wildman–Crippen LogP) is 0.640. The van der Waals surface area contributed by atoms with Crippen molar-refractivity contribution in [3.8, 4) is 0 Å². The molecule has 3 N–H and O–H groups in total. The Labute approximate surface area is 96.5 Å². The molecule has 1 atom stereocenters. The summed E-state index contributed by atoms with van der Waals surface area (Å²) in [7, 11) is 0. The molecule has 1 fully saturated rings. The van der Waals surface area contributed by atoms with Crippen molar-refractivity contribution in [1.29, 1.82) is 0 Å². The maximum absolute atomic E-state index is 9.06. The lowest BCUT2D eigenvalue weighted by molar-refractivity contribution is 0.238. The van der Waals surface area contributed by atoms with Gasteiger partial charge in [0.25, 0.3) is 0 Å².